The van der Waals surface area contributed by atoms with Crippen molar-refractivity contribution in [2.75, 3.05) is 13.7 Å². The number of benzene rings is 3. The molecule has 3 aromatic carbocycles. The standard InChI is InChI=1S/C31H34F3N3O7S2/c1-19-7-11-24(12-8-19)46(41,42)44-36(45(39,40)30-6-4-3-5-29(30)43-2)18-31(38)37-22-9-10-23(37)14-21(13-22)28(35)16-20-15-26(33)27(34)17-25(20)32/h3-8,11-12,15,17,21-23,28H,9-10,13-14,16,18,35H2,1-2H3/t21?,22-,23+,28-/m1/s1. The number of halogens is 3. The Morgan fingerprint density at radius 3 is 2.20 bits per heavy atom. The monoisotopic (exact) mass is 681 g/mol. The highest BCUT2D eigenvalue weighted by molar-refractivity contribution is 7.90. The topological polar surface area (TPSA) is 136 Å². The summed E-state index contributed by atoms with van der Waals surface area (Å²) in [4.78, 5) is 14.6. The fraction of sp³-hybridized carbons (Fsp3) is 0.387. The maximum atomic E-state index is 14.3. The molecule has 2 aliphatic heterocycles. The molecule has 10 nitrogen and oxygen atoms in total. The van der Waals surface area contributed by atoms with Gasteiger partial charge in [0.25, 0.3) is 10.0 Å². The van der Waals surface area contributed by atoms with E-state index in [2.05, 4.69) is 0 Å². The van der Waals surface area contributed by atoms with E-state index in [1.807, 2.05) is 0 Å². The molecule has 0 radical (unpaired) electrons. The molecule has 15 heteroatoms. The van der Waals surface area contributed by atoms with E-state index in [9.17, 15) is 34.8 Å². The lowest BCUT2D eigenvalue weighted by molar-refractivity contribution is -0.140. The van der Waals surface area contributed by atoms with Gasteiger partial charge in [-0.05, 0) is 85.3 Å². The van der Waals surface area contributed by atoms with Crippen LogP contribution in [0.15, 0.2) is 70.5 Å². The maximum absolute atomic E-state index is 14.3. The van der Waals surface area contributed by atoms with E-state index in [1.54, 1.807) is 6.92 Å². The van der Waals surface area contributed by atoms with Gasteiger partial charge in [-0.15, -0.1) is 0 Å². The van der Waals surface area contributed by atoms with Crippen molar-refractivity contribution in [3.8, 4) is 5.75 Å². The molecule has 2 aliphatic rings. The lowest BCUT2D eigenvalue weighted by Gasteiger charge is -2.41. The van der Waals surface area contributed by atoms with Crippen LogP contribution >= 0.6 is 0 Å². The van der Waals surface area contributed by atoms with Gasteiger partial charge < -0.3 is 15.4 Å². The van der Waals surface area contributed by atoms with E-state index in [1.165, 1.54) is 60.5 Å². The van der Waals surface area contributed by atoms with Crippen LogP contribution in [-0.2, 0) is 35.6 Å². The van der Waals surface area contributed by atoms with Crippen molar-refractivity contribution >= 4 is 26.0 Å². The van der Waals surface area contributed by atoms with Crippen LogP contribution in [0.4, 0.5) is 13.2 Å². The molecular formula is C31H34F3N3O7S2. The number of ether oxygens (including phenoxy) is 1. The van der Waals surface area contributed by atoms with E-state index in [4.69, 9.17) is 14.8 Å². The Balaban J connectivity index is 1.37. The fourth-order valence-corrected chi connectivity index (χ4v) is 8.80. The van der Waals surface area contributed by atoms with Gasteiger partial charge >= 0.3 is 10.1 Å². The van der Waals surface area contributed by atoms with Crippen molar-refractivity contribution in [2.24, 2.45) is 11.7 Å². The molecule has 0 aromatic heterocycles. The second-order valence-corrected chi connectivity index (χ2v) is 14.9. The largest absolute Gasteiger partial charge is 0.495 e. The molecule has 2 saturated heterocycles. The third-order valence-corrected chi connectivity index (χ3v) is 11.5. The zero-order valence-electron chi connectivity index (χ0n) is 25.1. The Labute approximate surface area is 266 Å². The van der Waals surface area contributed by atoms with Crippen molar-refractivity contribution in [3.05, 3.63) is 89.2 Å². The number of para-hydroxylation sites is 1. The number of hydrogen-bond donors (Lipinski definition) is 1. The van der Waals surface area contributed by atoms with Crippen molar-refractivity contribution in [2.45, 2.75) is 66.9 Å². The zero-order chi connectivity index (χ0) is 33.4. The molecule has 46 heavy (non-hydrogen) atoms. The molecule has 0 spiro atoms. The van der Waals surface area contributed by atoms with Gasteiger partial charge in [0.2, 0.25) is 5.91 Å². The highest BCUT2D eigenvalue weighted by Gasteiger charge is 2.46. The molecular weight excluding hydrogens is 647 g/mol. The minimum atomic E-state index is -4.76. The molecule has 1 amide bonds. The van der Waals surface area contributed by atoms with Gasteiger partial charge in [0.05, 0.1) is 12.0 Å². The number of amides is 1. The van der Waals surface area contributed by atoms with Gasteiger partial charge in [0.1, 0.15) is 23.0 Å². The molecule has 0 aliphatic carbocycles. The van der Waals surface area contributed by atoms with Crippen LogP contribution in [0.2, 0.25) is 0 Å². The number of hydrogen-bond acceptors (Lipinski definition) is 8. The van der Waals surface area contributed by atoms with Crippen LogP contribution in [0.3, 0.4) is 0 Å². The van der Waals surface area contributed by atoms with Crippen molar-refractivity contribution in [3.63, 3.8) is 0 Å². The van der Waals surface area contributed by atoms with Crippen molar-refractivity contribution in [1.29, 1.82) is 0 Å². The zero-order valence-corrected chi connectivity index (χ0v) is 26.7. The van der Waals surface area contributed by atoms with Crippen LogP contribution in [0, 0.1) is 30.3 Å². The summed E-state index contributed by atoms with van der Waals surface area (Å²) in [6.07, 6.45) is 1.92. The summed E-state index contributed by atoms with van der Waals surface area (Å²) < 4.78 is 106. The van der Waals surface area contributed by atoms with Crippen LogP contribution < -0.4 is 10.5 Å². The Kier molecular flexibility index (Phi) is 9.80. The lowest BCUT2D eigenvalue weighted by atomic mass is 9.82. The maximum Gasteiger partial charge on any atom is 0.314 e. The second kappa shape index (κ2) is 13.3. The fourth-order valence-electron chi connectivity index (χ4n) is 6.26. The van der Waals surface area contributed by atoms with E-state index in [0.717, 1.165) is 11.6 Å². The summed E-state index contributed by atoms with van der Waals surface area (Å²) in [5, 5.41) is 0. The van der Waals surface area contributed by atoms with Crippen molar-refractivity contribution < 1.29 is 43.8 Å². The first-order valence-electron chi connectivity index (χ1n) is 14.6. The average molecular weight is 682 g/mol. The summed E-state index contributed by atoms with van der Waals surface area (Å²) in [5.74, 6) is -4.32. The van der Waals surface area contributed by atoms with E-state index in [0.29, 0.717) is 31.7 Å². The quantitative estimate of drug-likeness (QED) is 0.236. The van der Waals surface area contributed by atoms with Gasteiger partial charge in [-0.25, -0.2) is 21.6 Å². The molecule has 1 unspecified atom stereocenters. The van der Waals surface area contributed by atoms with Crippen LogP contribution in [-0.4, -0.2) is 63.9 Å². The third-order valence-electron chi connectivity index (χ3n) is 8.58. The second-order valence-electron chi connectivity index (χ2n) is 11.6. The van der Waals surface area contributed by atoms with E-state index >= 15 is 0 Å². The number of sulfonamides is 1. The minimum absolute atomic E-state index is 0.0449. The molecule has 2 heterocycles. The first-order chi connectivity index (χ1) is 21.7. The number of rotatable bonds is 11. The van der Waals surface area contributed by atoms with E-state index in [-0.39, 0.29) is 45.1 Å². The van der Waals surface area contributed by atoms with Crippen LogP contribution in [0.25, 0.3) is 0 Å². The van der Waals surface area contributed by atoms with Gasteiger partial charge in [0.15, 0.2) is 11.6 Å². The number of piperidine rings is 1. The van der Waals surface area contributed by atoms with Crippen LogP contribution in [0.5, 0.6) is 5.75 Å². The summed E-state index contributed by atoms with van der Waals surface area (Å²) in [7, 11) is -8.21. The first-order valence-corrected chi connectivity index (χ1v) is 17.4. The molecule has 2 N–H and O–H groups in total. The summed E-state index contributed by atoms with van der Waals surface area (Å²) in [5.41, 5.74) is 7.11. The SMILES string of the molecule is COc1ccccc1S(=O)(=O)N(CC(=O)N1[C@@H]2CC[C@H]1CC([C@H](N)Cc1cc(F)c(F)cc1F)C2)OS(=O)(=O)c1ccc(C)cc1. The smallest absolute Gasteiger partial charge is 0.314 e. The van der Waals surface area contributed by atoms with Gasteiger partial charge in [0, 0.05) is 24.2 Å². The Hall–Kier alpha value is -3.50. The predicted octanol–water partition coefficient (Wildman–Crippen LogP) is 4.07. The number of fused-ring (bicyclic) bond motifs is 2. The summed E-state index contributed by atoms with van der Waals surface area (Å²) in [6.45, 7) is 0.800. The molecule has 0 saturated carbocycles. The minimum Gasteiger partial charge on any atom is -0.495 e. The normalized spacial score (nSPS) is 20.6. The summed E-state index contributed by atoms with van der Waals surface area (Å²) in [6, 6.07) is 11.0. The number of aryl methyl sites for hydroxylation is 1. The number of nitrogens with two attached hydrogens (primary N) is 1. The number of carbonyl (C=O) groups is 1. The van der Waals surface area contributed by atoms with Gasteiger partial charge in [-0.3, -0.25) is 4.79 Å². The van der Waals surface area contributed by atoms with Gasteiger partial charge in [-0.1, -0.05) is 29.8 Å². The number of carbonyl (C=O) groups excluding carboxylic acids is 1. The highest BCUT2D eigenvalue weighted by Crippen LogP contribution is 2.41. The number of hydroxylamine groups is 1. The molecule has 248 valence electrons. The number of nitrogens with zero attached hydrogens (tertiary/aromatic N) is 2. The molecule has 2 fully saturated rings. The molecule has 2 bridgehead atoms. The molecule has 3 aromatic rings. The molecule has 4 atom stereocenters. The average Bonchev–Trinajstić information content (AvgIpc) is 3.28. The third kappa shape index (κ3) is 6.93. The summed E-state index contributed by atoms with van der Waals surface area (Å²) >= 11 is 0. The Morgan fingerprint density at radius 2 is 1.57 bits per heavy atom. The van der Waals surface area contributed by atoms with Crippen molar-refractivity contribution in [1.82, 2.24) is 9.37 Å². The van der Waals surface area contributed by atoms with E-state index < -0.39 is 61.0 Å². The highest BCUT2D eigenvalue weighted by atomic mass is 32.2. The Bertz CT molecular complexity index is 1810. The first kappa shape index (κ1) is 33.9. The molecule has 5 rings (SSSR count). The Morgan fingerprint density at radius 1 is 0.957 bits per heavy atom. The number of methoxy groups -OCH3 is 1. The lowest BCUT2D eigenvalue weighted by Crippen LogP contribution is -2.53. The predicted molar refractivity (Wildman–Crippen MR) is 161 cm³/mol. The van der Waals surface area contributed by atoms with Gasteiger partial charge in [-0.2, -0.15) is 12.7 Å². The van der Waals surface area contributed by atoms with Crippen LogP contribution in [0.1, 0.15) is 36.8 Å².